The number of carbonyl (C=O) groups is 1. The molecule has 0 saturated carbocycles. The van der Waals surface area contributed by atoms with Gasteiger partial charge in [-0.05, 0) is 35.9 Å². The Morgan fingerprint density at radius 3 is 2.63 bits per heavy atom. The van der Waals surface area contributed by atoms with Crippen molar-refractivity contribution in [3.8, 4) is 5.75 Å². The number of benzene rings is 2. The van der Waals surface area contributed by atoms with Crippen LogP contribution in [0.1, 0.15) is 21.5 Å². The Labute approximate surface area is 159 Å². The van der Waals surface area contributed by atoms with E-state index < -0.39 is 0 Å². The van der Waals surface area contributed by atoms with Gasteiger partial charge < -0.3 is 19.3 Å². The highest BCUT2D eigenvalue weighted by Gasteiger charge is 2.25. The number of hydrogen-bond donors (Lipinski definition) is 1. The van der Waals surface area contributed by atoms with Crippen LogP contribution in [-0.2, 0) is 17.9 Å². The molecule has 2 aromatic carbocycles. The van der Waals surface area contributed by atoms with E-state index in [1.54, 1.807) is 20.3 Å². The lowest BCUT2D eigenvalue weighted by Crippen LogP contribution is -3.13. The van der Waals surface area contributed by atoms with Gasteiger partial charge in [0.05, 0.1) is 45.5 Å². The Hall–Kier alpha value is -2.44. The van der Waals surface area contributed by atoms with E-state index in [9.17, 15) is 9.18 Å². The van der Waals surface area contributed by atoms with Crippen molar-refractivity contribution in [2.75, 3.05) is 40.4 Å². The molecule has 0 spiro atoms. The van der Waals surface area contributed by atoms with E-state index in [4.69, 9.17) is 9.47 Å². The molecule has 1 aliphatic rings. The van der Waals surface area contributed by atoms with Gasteiger partial charge in [-0.3, -0.25) is 4.79 Å². The molecule has 0 atom stereocenters. The molecular weight excluding hydrogens is 347 g/mol. The fourth-order valence-electron chi connectivity index (χ4n) is 3.50. The number of methoxy groups -OCH3 is 2. The molecule has 27 heavy (non-hydrogen) atoms. The summed E-state index contributed by atoms with van der Waals surface area (Å²) >= 11 is 0. The summed E-state index contributed by atoms with van der Waals surface area (Å²) in [5.74, 6) is 0.502. The molecule has 2 aromatic rings. The first-order valence-electron chi connectivity index (χ1n) is 9.14. The number of amides is 1. The summed E-state index contributed by atoms with van der Waals surface area (Å²) in [6, 6.07) is 12.2. The molecule has 1 amide bonds. The molecule has 1 aliphatic heterocycles. The van der Waals surface area contributed by atoms with Crippen LogP contribution in [-0.4, -0.2) is 51.2 Å². The Balaban J connectivity index is 1.59. The summed E-state index contributed by atoms with van der Waals surface area (Å²) in [7, 11) is 3.24. The lowest BCUT2D eigenvalue weighted by atomic mass is 10.1. The zero-order chi connectivity index (χ0) is 19.2. The van der Waals surface area contributed by atoms with Gasteiger partial charge in [0.1, 0.15) is 18.1 Å². The van der Waals surface area contributed by atoms with E-state index in [1.807, 2.05) is 29.2 Å². The van der Waals surface area contributed by atoms with Crippen LogP contribution in [0, 0.1) is 5.82 Å². The third kappa shape index (κ3) is 4.84. The van der Waals surface area contributed by atoms with Crippen LogP contribution >= 0.6 is 0 Å². The summed E-state index contributed by atoms with van der Waals surface area (Å²) in [6.07, 6.45) is 0. The average molecular weight is 373 g/mol. The number of ether oxygens (including phenoxy) is 2. The minimum Gasteiger partial charge on any atom is -0.496 e. The minimum atomic E-state index is -0.255. The fourth-order valence-corrected chi connectivity index (χ4v) is 3.50. The second kappa shape index (κ2) is 8.97. The third-order valence-electron chi connectivity index (χ3n) is 4.93. The quantitative estimate of drug-likeness (QED) is 0.835. The second-order valence-corrected chi connectivity index (χ2v) is 6.81. The van der Waals surface area contributed by atoms with Gasteiger partial charge >= 0.3 is 0 Å². The van der Waals surface area contributed by atoms with Gasteiger partial charge in [0.15, 0.2) is 0 Å². The van der Waals surface area contributed by atoms with Gasteiger partial charge in [0, 0.05) is 12.7 Å². The predicted octanol–water partition coefficient (Wildman–Crippen LogP) is 1.52. The molecule has 1 saturated heterocycles. The number of halogens is 1. The summed E-state index contributed by atoms with van der Waals surface area (Å²) < 4.78 is 24.0. The molecule has 6 heteroatoms. The number of nitrogens with zero attached hydrogens (tertiary/aromatic N) is 1. The van der Waals surface area contributed by atoms with Crippen molar-refractivity contribution >= 4 is 5.91 Å². The minimum absolute atomic E-state index is 0.0512. The van der Waals surface area contributed by atoms with Crippen molar-refractivity contribution in [3.05, 3.63) is 65.0 Å². The lowest BCUT2D eigenvalue weighted by Gasteiger charge is -2.32. The monoisotopic (exact) mass is 373 g/mol. The van der Waals surface area contributed by atoms with Crippen molar-refractivity contribution in [1.29, 1.82) is 0 Å². The molecule has 3 rings (SSSR count). The van der Waals surface area contributed by atoms with Gasteiger partial charge in [0.2, 0.25) is 0 Å². The van der Waals surface area contributed by atoms with E-state index >= 15 is 0 Å². The van der Waals surface area contributed by atoms with Crippen LogP contribution in [0.4, 0.5) is 4.39 Å². The number of piperazine rings is 1. The van der Waals surface area contributed by atoms with Crippen LogP contribution < -0.4 is 9.64 Å². The zero-order valence-electron chi connectivity index (χ0n) is 15.8. The van der Waals surface area contributed by atoms with Crippen LogP contribution in [0.25, 0.3) is 0 Å². The molecule has 0 aromatic heterocycles. The molecule has 0 radical (unpaired) electrons. The van der Waals surface area contributed by atoms with E-state index in [0.717, 1.165) is 24.2 Å². The first-order chi connectivity index (χ1) is 13.1. The Morgan fingerprint density at radius 1 is 1.15 bits per heavy atom. The van der Waals surface area contributed by atoms with E-state index in [-0.39, 0.29) is 11.7 Å². The Morgan fingerprint density at radius 2 is 1.93 bits per heavy atom. The topological polar surface area (TPSA) is 43.2 Å². The molecule has 0 bridgehead atoms. The van der Waals surface area contributed by atoms with Crippen molar-refractivity contribution in [2.45, 2.75) is 13.2 Å². The Bertz CT molecular complexity index is 789. The smallest absolute Gasteiger partial charge is 0.254 e. The fraction of sp³-hybridized carbons (Fsp3) is 0.381. The van der Waals surface area contributed by atoms with Crippen LogP contribution in [0.3, 0.4) is 0 Å². The van der Waals surface area contributed by atoms with Crippen LogP contribution in [0.2, 0.25) is 0 Å². The highest BCUT2D eigenvalue weighted by atomic mass is 19.1. The maximum atomic E-state index is 13.6. The number of carbonyl (C=O) groups excluding carboxylic acids is 1. The average Bonchev–Trinajstić information content (AvgIpc) is 2.69. The van der Waals surface area contributed by atoms with Gasteiger partial charge in [-0.2, -0.15) is 0 Å². The largest absolute Gasteiger partial charge is 0.496 e. The van der Waals surface area contributed by atoms with Crippen molar-refractivity contribution in [3.63, 3.8) is 0 Å². The standard InChI is InChI=1S/C21H25FN2O3/c1-26-15-16-4-3-5-17(12-16)21(25)24-10-8-23(9-11-24)14-18-13-19(22)6-7-20(18)27-2/h3-7,12-13H,8-11,14-15H2,1-2H3/p+1. The molecule has 0 unspecified atom stereocenters. The highest BCUT2D eigenvalue weighted by Crippen LogP contribution is 2.18. The number of hydrogen-bond acceptors (Lipinski definition) is 3. The van der Waals surface area contributed by atoms with Gasteiger partial charge in [-0.15, -0.1) is 0 Å². The van der Waals surface area contributed by atoms with E-state index in [1.165, 1.54) is 17.0 Å². The molecule has 144 valence electrons. The molecule has 1 heterocycles. The number of nitrogens with one attached hydrogen (secondary N) is 1. The molecule has 0 aliphatic carbocycles. The highest BCUT2D eigenvalue weighted by molar-refractivity contribution is 5.94. The number of quaternary nitrogens is 1. The normalized spacial score (nSPS) is 15.0. The summed E-state index contributed by atoms with van der Waals surface area (Å²) in [6.45, 7) is 4.19. The zero-order valence-corrected chi connectivity index (χ0v) is 15.8. The SMILES string of the molecule is COCc1cccc(C(=O)N2CC[NH+](Cc3cc(F)ccc3OC)CC2)c1. The lowest BCUT2D eigenvalue weighted by molar-refractivity contribution is -0.917. The third-order valence-corrected chi connectivity index (χ3v) is 4.93. The van der Waals surface area contributed by atoms with E-state index in [0.29, 0.717) is 37.6 Å². The maximum Gasteiger partial charge on any atom is 0.254 e. The first-order valence-corrected chi connectivity index (χ1v) is 9.14. The molecular formula is C21H26FN2O3+. The summed E-state index contributed by atoms with van der Waals surface area (Å²) in [5, 5.41) is 0. The van der Waals surface area contributed by atoms with Crippen LogP contribution in [0.5, 0.6) is 5.75 Å². The molecule has 5 nitrogen and oxygen atoms in total. The van der Waals surface area contributed by atoms with Gasteiger partial charge in [-0.1, -0.05) is 12.1 Å². The Kier molecular flexibility index (Phi) is 6.42. The summed E-state index contributed by atoms with van der Waals surface area (Å²) in [5.41, 5.74) is 2.55. The van der Waals surface area contributed by atoms with E-state index in [2.05, 4.69) is 0 Å². The van der Waals surface area contributed by atoms with Crippen molar-refractivity contribution in [2.24, 2.45) is 0 Å². The van der Waals surface area contributed by atoms with Crippen LogP contribution in [0.15, 0.2) is 42.5 Å². The van der Waals surface area contributed by atoms with Crippen molar-refractivity contribution in [1.82, 2.24) is 4.90 Å². The molecule has 1 N–H and O–H groups in total. The second-order valence-electron chi connectivity index (χ2n) is 6.81. The summed E-state index contributed by atoms with van der Waals surface area (Å²) in [4.78, 5) is 16.0. The van der Waals surface area contributed by atoms with Gasteiger partial charge in [-0.25, -0.2) is 4.39 Å². The first kappa shape index (κ1) is 19.3. The molecule has 1 fully saturated rings. The van der Waals surface area contributed by atoms with Crippen molar-refractivity contribution < 1.29 is 23.6 Å². The van der Waals surface area contributed by atoms with Gasteiger partial charge in [0.25, 0.3) is 5.91 Å². The predicted molar refractivity (Wildman–Crippen MR) is 100 cm³/mol. The number of rotatable bonds is 6. The maximum absolute atomic E-state index is 13.6.